The molecule has 1 aliphatic heterocycles. The Labute approximate surface area is 101 Å². The molecule has 0 saturated heterocycles. The van der Waals surface area contributed by atoms with Crippen molar-refractivity contribution in [1.82, 2.24) is 0 Å². The van der Waals surface area contributed by atoms with Crippen molar-refractivity contribution in [3.05, 3.63) is 29.8 Å². The van der Waals surface area contributed by atoms with Gasteiger partial charge in [-0.2, -0.15) is 0 Å². The van der Waals surface area contributed by atoms with Gasteiger partial charge in [0, 0.05) is 5.92 Å². The highest BCUT2D eigenvalue weighted by Crippen LogP contribution is 2.43. The summed E-state index contributed by atoms with van der Waals surface area (Å²) in [5.41, 5.74) is 0.787. The average molecular weight is 234 g/mol. The third kappa shape index (κ3) is 2.43. The first-order valence-corrected chi connectivity index (χ1v) is 6.04. The van der Waals surface area contributed by atoms with Crippen molar-refractivity contribution in [3.63, 3.8) is 0 Å². The van der Waals surface area contributed by atoms with E-state index in [1.807, 2.05) is 24.3 Å². The van der Waals surface area contributed by atoms with Crippen molar-refractivity contribution < 1.29 is 14.6 Å². The normalized spacial score (nSPS) is 27.1. The summed E-state index contributed by atoms with van der Waals surface area (Å²) in [6.07, 6.45) is 1.83. The summed E-state index contributed by atoms with van der Waals surface area (Å²) in [6, 6.07) is 7.76. The molecular weight excluding hydrogens is 216 g/mol. The van der Waals surface area contributed by atoms with Crippen LogP contribution in [0.2, 0.25) is 0 Å². The number of para-hydroxylation sites is 1. The molecule has 0 spiro atoms. The minimum Gasteiger partial charge on any atom is -0.487 e. The minimum atomic E-state index is -0.745. The van der Waals surface area contributed by atoms with E-state index in [4.69, 9.17) is 9.84 Å². The molecule has 17 heavy (non-hydrogen) atoms. The predicted molar refractivity (Wildman–Crippen MR) is 65.4 cm³/mol. The Kier molecular flexibility index (Phi) is 3.09. The SMILES string of the molecule is CCC1(C)CC(CC(=O)O)c2ccccc2O1. The van der Waals surface area contributed by atoms with E-state index in [1.165, 1.54) is 0 Å². The quantitative estimate of drug-likeness (QED) is 0.873. The molecule has 1 N–H and O–H groups in total. The van der Waals surface area contributed by atoms with E-state index < -0.39 is 5.97 Å². The lowest BCUT2D eigenvalue weighted by Gasteiger charge is -2.39. The Morgan fingerprint density at radius 3 is 2.88 bits per heavy atom. The number of carboxylic acid groups (broad SMARTS) is 1. The molecule has 2 unspecified atom stereocenters. The van der Waals surface area contributed by atoms with E-state index in [0.29, 0.717) is 0 Å². The molecule has 2 atom stereocenters. The van der Waals surface area contributed by atoms with Gasteiger partial charge in [0.25, 0.3) is 0 Å². The number of carbonyl (C=O) groups is 1. The van der Waals surface area contributed by atoms with Crippen LogP contribution in [0, 0.1) is 0 Å². The van der Waals surface area contributed by atoms with Gasteiger partial charge >= 0.3 is 5.97 Å². The molecule has 3 nitrogen and oxygen atoms in total. The third-order valence-corrected chi connectivity index (χ3v) is 3.56. The fourth-order valence-corrected chi connectivity index (χ4v) is 2.46. The van der Waals surface area contributed by atoms with Crippen LogP contribution >= 0.6 is 0 Å². The highest BCUT2D eigenvalue weighted by Gasteiger charge is 2.36. The summed E-state index contributed by atoms with van der Waals surface area (Å²) in [7, 11) is 0. The fraction of sp³-hybridized carbons (Fsp3) is 0.500. The lowest BCUT2D eigenvalue weighted by Crippen LogP contribution is -2.37. The van der Waals surface area contributed by atoms with Crippen LogP contribution in [0.15, 0.2) is 24.3 Å². The summed E-state index contributed by atoms with van der Waals surface area (Å²) >= 11 is 0. The lowest BCUT2D eigenvalue weighted by atomic mass is 9.80. The van der Waals surface area contributed by atoms with E-state index in [9.17, 15) is 4.79 Å². The second kappa shape index (κ2) is 4.40. The van der Waals surface area contributed by atoms with Crippen LogP contribution in [-0.4, -0.2) is 16.7 Å². The van der Waals surface area contributed by atoms with E-state index in [-0.39, 0.29) is 17.9 Å². The van der Waals surface area contributed by atoms with Crippen LogP contribution in [0.4, 0.5) is 0 Å². The molecule has 0 fully saturated rings. The van der Waals surface area contributed by atoms with Crippen molar-refractivity contribution in [2.24, 2.45) is 0 Å². The Hall–Kier alpha value is -1.51. The summed E-state index contributed by atoms with van der Waals surface area (Å²) in [5.74, 6) is 0.155. The fourth-order valence-electron chi connectivity index (χ4n) is 2.46. The molecule has 0 aromatic heterocycles. The Morgan fingerprint density at radius 2 is 2.24 bits per heavy atom. The van der Waals surface area contributed by atoms with Crippen molar-refractivity contribution in [3.8, 4) is 5.75 Å². The van der Waals surface area contributed by atoms with Crippen LogP contribution in [-0.2, 0) is 4.79 Å². The molecule has 0 radical (unpaired) electrons. The maximum Gasteiger partial charge on any atom is 0.303 e. The summed E-state index contributed by atoms with van der Waals surface area (Å²) in [6.45, 7) is 4.13. The van der Waals surface area contributed by atoms with Gasteiger partial charge < -0.3 is 9.84 Å². The molecular formula is C14H18O3. The Morgan fingerprint density at radius 1 is 1.53 bits per heavy atom. The zero-order valence-corrected chi connectivity index (χ0v) is 10.3. The van der Waals surface area contributed by atoms with Crippen LogP contribution in [0.25, 0.3) is 0 Å². The maximum absolute atomic E-state index is 10.9. The topological polar surface area (TPSA) is 46.5 Å². The number of fused-ring (bicyclic) bond motifs is 1. The largest absolute Gasteiger partial charge is 0.487 e. The number of ether oxygens (including phenoxy) is 1. The highest BCUT2D eigenvalue weighted by atomic mass is 16.5. The lowest BCUT2D eigenvalue weighted by molar-refractivity contribution is -0.137. The minimum absolute atomic E-state index is 0.0578. The van der Waals surface area contributed by atoms with Gasteiger partial charge in [-0.1, -0.05) is 25.1 Å². The van der Waals surface area contributed by atoms with E-state index in [2.05, 4.69) is 13.8 Å². The van der Waals surface area contributed by atoms with E-state index >= 15 is 0 Å². The second-order valence-electron chi connectivity index (χ2n) is 4.94. The first-order chi connectivity index (χ1) is 8.04. The van der Waals surface area contributed by atoms with Crippen molar-refractivity contribution in [1.29, 1.82) is 0 Å². The molecule has 3 heteroatoms. The van der Waals surface area contributed by atoms with Crippen LogP contribution in [0.5, 0.6) is 5.75 Å². The Balaban J connectivity index is 2.35. The molecule has 1 heterocycles. The third-order valence-electron chi connectivity index (χ3n) is 3.56. The second-order valence-corrected chi connectivity index (χ2v) is 4.94. The highest BCUT2D eigenvalue weighted by molar-refractivity contribution is 5.68. The van der Waals surface area contributed by atoms with E-state index in [1.54, 1.807) is 0 Å². The number of hydrogen-bond donors (Lipinski definition) is 1. The number of rotatable bonds is 3. The number of hydrogen-bond acceptors (Lipinski definition) is 2. The van der Waals surface area contributed by atoms with Crippen molar-refractivity contribution >= 4 is 5.97 Å². The maximum atomic E-state index is 10.9. The van der Waals surface area contributed by atoms with Gasteiger partial charge in [0.15, 0.2) is 0 Å². The monoisotopic (exact) mass is 234 g/mol. The van der Waals surface area contributed by atoms with Gasteiger partial charge in [0.05, 0.1) is 6.42 Å². The van der Waals surface area contributed by atoms with Crippen LogP contribution < -0.4 is 4.74 Å². The number of benzene rings is 1. The van der Waals surface area contributed by atoms with Crippen molar-refractivity contribution in [2.75, 3.05) is 0 Å². The number of aliphatic carboxylic acids is 1. The molecule has 1 aromatic carbocycles. The van der Waals surface area contributed by atoms with Gasteiger partial charge in [-0.3, -0.25) is 4.79 Å². The average Bonchev–Trinajstić information content (AvgIpc) is 2.28. The molecule has 0 saturated carbocycles. The standard InChI is InChI=1S/C14H18O3/c1-3-14(2)9-10(8-13(15)16)11-6-4-5-7-12(11)17-14/h4-7,10H,3,8-9H2,1-2H3,(H,15,16). The first kappa shape index (κ1) is 12.0. The zero-order valence-electron chi connectivity index (χ0n) is 10.3. The molecule has 92 valence electrons. The summed E-state index contributed by atoms with van der Waals surface area (Å²) in [4.78, 5) is 10.9. The van der Waals surface area contributed by atoms with Crippen molar-refractivity contribution in [2.45, 2.75) is 44.6 Å². The smallest absolute Gasteiger partial charge is 0.303 e. The van der Waals surface area contributed by atoms with Gasteiger partial charge in [0.2, 0.25) is 0 Å². The molecule has 1 aliphatic rings. The molecule has 1 aromatic rings. The molecule has 0 amide bonds. The van der Waals surface area contributed by atoms with E-state index in [0.717, 1.165) is 24.2 Å². The molecule has 2 rings (SSSR count). The zero-order chi connectivity index (χ0) is 12.5. The van der Waals surface area contributed by atoms with Crippen LogP contribution in [0.1, 0.15) is 44.6 Å². The summed E-state index contributed by atoms with van der Waals surface area (Å²) < 4.78 is 5.99. The van der Waals surface area contributed by atoms with Gasteiger partial charge in [-0.15, -0.1) is 0 Å². The molecule has 0 aliphatic carbocycles. The Bertz CT molecular complexity index is 427. The molecule has 0 bridgehead atoms. The predicted octanol–water partition coefficient (Wildman–Crippen LogP) is 3.20. The summed E-state index contributed by atoms with van der Waals surface area (Å²) in [5, 5.41) is 8.99. The van der Waals surface area contributed by atoms with Gasteiger partial charge in [-0.25, -0.2) is 0 Å². The van der Waals surface area contributed by atoms with Gasteiger partial charge in [0.1, 0.15) is 11.4 Å². The first-order valence-electron chi connectivity index (χ1n) is 6.04. The number of carboxylic acids is 1. The van der Waals surface area contributed by atoms with Crippen LogP contribution in [0.3, 0.4) is 0 Å². The van der Waals surface area contributed by atoms with Gasteiger partial charge in [-0.05, 0) is 31.4 Å².